The summed E-state index contributed by atoms with van der Waals surface area (Å²) >= 11 is 0. The van der Waals surface area contributed by atoms with E-state index >= 15 is 0 Å². The van der Waals surface area contributed by atoms with Crippen LogP contribution in [0.2, 0.25) is 0 Å². The summed E-state index contributed by atoms with van der Waals surface area (Å²) in [5.41, 5.74) is 5.36. The van der Waals surface area contributed by atoms with Gasteiger partial charge in [-0.2, -0.15) is 14.3 Å². The van der Waals surface area contributed by atoms with Crippen molar-refractivity contribution in [2.75, 3.05) is 68.9 Å². The van der Waals surface area contributed by atoms with E-state index in [4.69, 9.17) is 15.2 Å². The maximum atomic E-state index is 13.2. The highest BCUT2D eigenvalue weighted by Gasteiger charge is 2.40. The third kappa shape index (κ3) is 7.38. The van der Waals surface area contributed by atoms with Crippen molar-refractivity contribution in [3.63, 3.8) is 0 Å². The predicted octanol–water partition coefficient (Wildman–Crippen LogP) is 1.02. The van der Waals surface area contributed by atoms with E-state index in [0.29, 0.717) is 13.0 Å². The van der Waals surface area contributed by atoms with Crippen LogP contribution in [0, 0.1) is 10.1 Å². The molecular formula is C22H37N7O7S. The zero-order chi connectivity index (χ0) is 27.0. The summed E-state index contributed by atoms with van der Waals surface area (Å²) in [7, 11) is -3.70. The van der Waals surface area contributed by atoms with Gasteiger partial charge >= 0.3 is 17.7 Å². The summed E-state index contributed by atoms with van der Waals surface area (Å²) in [5, 5.41) is 11.9. The molecule has 2 aliphatic rings. The molecule has 0 radical (unpaired) electrons. The molecule has 14 nitrogen and oxygen atoms in total. The molecule has 208 valence electrons. The monoisotopic (exact) mass is 543 g/mol. The van der Waals surface area contributed by atoms with Crippen molar-refractivity contribution >= 4 is 33.3 Å². The number of esters is 1. The first-order valence-corrected chi connectivity index (χ1v) is 14.4. The van der Waals surface area contributed by atoms with Gasteiger partial charge in [-0.15, -0.1) is 0 Å². The molecule has 1 unspecified atom stereocenters. The molecular weight excluding hydrogens is 506 g/mol. The van der Waals surface area contributed by atoms with Crippen LogP contribution >= 0.6 is 0 Å². The van der Waals surface area contributed by atoms with Crippen LogP contribution in [0.1, 0.15) is 46.0 Å². The van der Waals surface area contributed by atoms with E-state index in [1.807, 2.05) is 6.92 Å². The van der Waals surface area contributed by atoms with E-state index in [-0.39, 0.29) is 50.4 Å². The minimum Gasteiger partial charge on any atom is -0.464 e. The Labute approximate surface area is 217 Å². The summed E-state index contributed by atoms with van der Waals surface area (Å²) in [5.74, 6) is -1.37. The van der Waals surface area contributed by atoms with Gasteiger partial charge in [0.1, 0.15) is 6.04 Å². The maximum Gasteiger partial charge on any atom is 0.353 e. The second-order valence-corrected chi connectivity index (χ2v) is 11.1. The number of carbonyl (C=O) groups is 1. The summed E-state index contributed by atoms with van der Waals surface area (Å²) in [6.45, 7) is 6.16. The Morgan fingerprint density at radius 3 is 2.54 bits per heavy atom. The van der Waals surface area contributed by atoms with E-state index in [2.05, 4.69) is 14.9 Å². The van der Waals surface area contributed by atoms with Crippen molar-refractivity contribution in [2.45, 2.75) is 52.0 Å². The fraction of sp³-hybridized carbons (Fsp3) is 0.773. The molecule has 1 aromatic heterocycles. The quantitative estimate of drug-likeness (QED) is 0.172. The lowest BCUT2D eigenvalue weighted by atomic mass is 10.2. The van der Waals surface area contributed by atoms with E-state index < -0.39 is 38.5 Å². The number of sulfonamides is 1. The fourth-order valence-corrected chi connectivity index (χ4v) is 5.99. The molecule has 0 bridgehead atoms. The van der Waals surface area contributed by atoms with Crippen molar-refractivity contribution in [1.29, 1.82) is 0 Å². The number of nitrogens with two attached hydrogens (primary N) is 1. The van der Waals surface area contributed by atoms with Gasteiger partial charge in [-0.3, -0.25) is 10.1 Å². The van der Waals surface area contributed by atoms with E-state index in [0.717, 1.165) is 38.8 Å². The third-order valence-electron chi connectivity index (χ3n) is 6.43. The van der Waals surface area contributed by atoms with Crippen molar-refractivity contribution in [3.8, 4) is 6.01 Å². The normalized spacial score (nSPS) is 19.5. The van der Waals surface area contributed by atoms with Crippen molar-refractivity contribution in [1.82, 2.24) is 19.2 Å². The lowest BCUT2D eigenvalue weighted by molar-refractivity contribution is -0.383. The molecule has 15 heteroatoms. The molecule has 2 fully saturated rings. The second-order valence-electron chi connectivity index (χ2n) is 9.06. The number of unbranched alkanes of at least 4 members (excludes halogenated alkanes) is 1. The van der Waals surface area contributed by atoms with Gasteiger partial charge in [-0.05, 0) is 45.7 Å². The minimum absolute atomic E-state index is 0.0598. The molecule has 0 aromatic carbocycles. The molecule has 2 aliphatic heterocycles. The topological polar surface area (TPSA) is 174 Å². The average molecular weight is 544 g/mol. The number of anilines is 2. The first kappa shape index (κ1) is 28.8. The Morgan fingerprint density at radius 2 is 1.89 bits per heavy atom. The van der Waals surface area contributed by atoms with Crippen LogP contribution in [0.5, 0.6) is 6.01 Å². The predicted molar refractivity (Wildman–Crippen MR) is 137 cm³/mol. The summed E-state index contributed by atoms with van der Waals surface area (Å²) in [6, 6.07) is -1.31. The summed E-state index contributed by atoms with van der Waals surface area (Å²) in [4.78, 5) is 36.0. The molecule has 1 atom stereocenters. The zero-order valence-corrected chi connectivity index (χ0v) is 22.3. The molecule has 2 saturated heterocycles. The maximum absolute atomic E-state index is 13.2. The standard InChI is InChI=1S/C22H37N7O7S/c1-3-5-14-36-22-24-19(23)18(29(31)32)20(25-22)28-12-8-11-27(16-17(28)21(30)35-4-2)37(33,34)15-13-26-9-6-7-10-26/h17H,3-16H2,1-2H3,(H2,23,24,25). The van der Waals surface area contributed by atoms with E-state index in [9.17, 15) is 23.3 Å². The smallest absolute Gasteiger partial charge is 0.353 e. The number of rotatable bonds is 12. The number of likely N-dealkylation sites (tertiary alicyclic amines) is 1. The number of hydrogen-bond donors (Lipinski definition) is 1. The van der Waals surface area contributed by atoms with Crippen LogP contribution in [0.25, 0.3) is 0 Å². The Morgan fingerprint density at radius 1 is 1.16 bits per heavy atom. The van der Waals surface area contributed by atoms with Crippen LogP contribution in [0.3, 0.4) is 0 Å². The van der Waals surface area contributed by atoms with Gasteiger partial charge in [0.2, 0.25) is 21.7 Å². The Hall–Kier alpha value is -2.78. The highest BCUT2D eigenvalue weighted by Crippen LogP contribution is 2.35. The lowest BCUT2D eigenvalue weighted by Gasteiger charge is -2.30. The fourth-order valence-electron chi connectivity index (χ4n) is 4.47. The van der Waals surface area contributed by atoms with Gasteiger partial charge in [0.05, 0.1) is 23.9 Å². The van der Waals surface area contributed by atoms with E-state index in [1.54, 1.807) is 6.92 Å². The largest absolute Gasteiger partial charge is 0.464 e. The number of hydrogen-bond acceptors (Lipinski definition) is 12. The summed E-state index contributed by atoms with van der Waals surface area (Å²) < 4.78 is 38.6. The minimum atomic E-state index is -3.70. The van der Waals surface area contributed by atoms with Crippen molar-refractivity contribution in [2.24, 2.45) is 0 Å². The first-order valence-electron chi connectivity index (χ1n) is 12.8. The van der Waals surface area contributed by atoms with Crippen LogP contribution in [-0.2, 0) is 19.6 Å². The number of nitro groups is 1. The molecule has 3 heterocycles. The average Bonchev–Trinajstić information content (AvgIpc) is 3.26. The highest BCUT2D eigenvalue weighted by atomic mass is 32.2. The van der Waals surface area contributed by atoms with Crippen molar-refractivity contribution in [3.05, 3.63) is 10.1 Å². The van der Waals surface area contributed by atoms with Gasteiger partial charge in [0.15, 0.2) is 0 Å². The lowest BCUT2D eigenvalue weighted by Crippen LogP contribution is -2.49. The number of nitrogens with zero attached hydrogens (tertiary/aromatic N) is 6. The van der Waals surface area contributed by atoms with Crippen LogP contribution < -0.4 is 15.4 Å². The number of carbonyl (C=O) groups excluding carboxylic acids is 1. The van der Waals surface area contributed by atoms with Gasteiger partial charge in [0, 0.05) is 26.2 Å². The van der Waals surface area contributed by atoms with Gasteiger partial charge in [-0.1, -0.05) is 13.3 Å². The second kappa shape index (κ2) is 13.1. The Kier molecular flexibility index (Phi) is 10.2. The molecule has 2 N–H and O–H groups in total. The molecule has 1 aromatic rings. The molecule has 0 spiro atoms. The third-order valence-corrected chi connectivity index (χ3v) is 8.25. The number of aromatic nitrogens is 2. The molecule has 0 amide bonds. The molecule has 37 heavy (non-hydrogen) atoms. The highest BCUT2D eigenvalue weighted by molar-refractivity contribution is 7.89. The van der Waals surface area contributed by atoms with Gasteiger partial charge < -0.3 is 25.0 Å². The van der Waals surface area contributed by atoms with E-state index in [1.165, 1.54) is 9.21 Å². The Bertz CT molecular complexity index is 1050. The van der Waals surface area contributed by atoms with Crippen LogP contribution in [-0.4, -0.2) is 103 Å². The van der Waals surface area contributed by atoms with Gasteiger partial charge in [0.25, 0.3) is 0 Å². The number of ether oxygens (including phenoxy) is 2. The number of nitrogen functional groups attached to an aromatic ring is 1. The molecule has 0 aliphatic carbocycles. The van der Waals surface area contributed by atoms with Crippen LogP contribution in [0.15, 0.2) is 0 Å². The van der Waals surface area contributed by atoms with Gasteiger partial charge in [-0.25, -0.2) is 13.2 Å². The first-order chi connectivity index (χ1) is 17.7. The SMILES string of the molecule is CCCCOc1nc(N)c([N+](=O)[O-])c(N2CCCN(S(=O)(=O)CCN3CCCC3)CC2C(=O)OCC)n1. The molecule has 0 saturated carbocycles. The summed E-state index contributed by atoms with van der Waals surface area (Å²) in [6.07, 6.45) is 3.98. The Balaban J connectivity index is 1.94. The molecule has 3 rings (SSSR count). The van der Waals surface area contributed by atoms with Crippen molar-refractivity contribution < 1.29 is 27.6 Å². The zero-order valence-electron chi connectivity index (χ0n) is 21.5. The van der Waals surface area contributed by atoms with Crippen LogP contribution in [0.4, 0.5) is 17.3 Å².